The molecule has 3 aromatic rings. The van der Waals surface area contributed by atoms with Crippen molar-refractivity contribution in [2.24, 2.45) is 0 Å². The molecule has 1 saturated carbocycles. The van der Waals surface area contributed by atoms with Gasteiger partial charge in [-0.25, -0.2) is 4.98 Å². The Kier molecular flexibility index (Phi) is 9.17. The van der Waals surface area contributed by atoms with Crippen molar-refractivity contribution in [2.45, 2.75) is 69.6 Å². The zero-order chi connectivity index (χ0) is 25.3. The van der Waals surface area contributed by atoms with Crippen LogP contribution in [0, 0.1) is 0 Å². The molecule has 1 aromatic heterocycles. The predicted octanol–water partition coefficient (Wildman–Crippen LogP) is 4.52. The number of para-hydroxylation sites is 1. The third-order valence-electron chi connectivity index (χ3n) is 6.51. The second-order valence-electron chi connectivity index (χ2n) is 9.30. The summed E-state index contributed by atoms with van der Waals surface area (Å²) in [5.74, 6) is 0.0634. The number of carbonyl (C=O) groups excluding carboxylic acids is 2. The molecule has 1 heterocycles. The summed E-state index contributed by atoms with van der Waals surface area (Å²) in [5, 5.41) is 7.09. The van der Waals surface area contributed by atoms with Crippen LogP contribution >= 0.6 is 11.8 Å². The van der Waals surface area contributed by atoms with Crippen LogP contribution in [-0.2, 0) is 11.3 Å². The van der Waals surface area contributed by atoms with Crippen LogP contribution in [-0.4, -0.2) is 39.7 Å². The number of benzene rings is 2. The molecule has 1 fully saturated rings. The molecule has 0 radical (unpaired) electrons. The third-order valence-corrected chi connectivity index (χ3v) is 7.49. The van der Waals surface area contributed by atoms with E-state index >= 15 is 0 Å². The number of unbranched alkanes of at least 4 members (excludes halogenated alkanes) is 1. The van der Waals surface area contributed by atoms with E-state index in [0.29, 0.717) is 34.7 Å². The molecule has 0 saturated heterocycles. The Balaban J connectivity index is 1.50. The lowest BCUT2D eigenvalue weighted by molar-refractivity contribution is -0.118. The maximum Gasteiger partial charge on any atom is 0.262 e. The Morgan fingerprint density at radius 2 is 1.81 bits per heavy atom. The molecule has 0 aliphatic heterocycles. The SMILES string of the molecule is CCCCNC(=O)CSc1nc2ccccc2c(=O)n1Cc1ccc(C(=O)NC2CCCCC2)cc1. The van der Waals surface area contributed by atoms with Crippen LogP contribution in [0.4, 0.5) is 0 Å². The highest BCUT2D eigenvalue weighted by molar-refractivity contribution is 7.99. The van der Waals surface area contributed by atoms with E-state index in [2.05, 4.69) is 17.6 Å². The fourth-order valence-electron chi connectivity index (χ4n) is 4.44. The van der Waals surface area contributed by atoms with E-state index in [-0.39, 0.29) is 29.2 Å². The summed E-state index contributed by atoms with van der Waals surface area (Å²) in [7, 11) is 0. The van der Waals surface area contributed by atoms with Gasteiger partial charge in [0.15, 0.2) is 5.16 Å². The van der Waals surface area contributed by atoms with Crippen molar-refractivity contribution in [3.8, 4) is 0 Å². The van der Waals surface area contributed by atoms with Gasteiger partial charge < -0.3 is 10.6 Å². The first-order valence-corrected chi connectivity index (χ1v) is 13.8. The Morgan fingerprint density at radius 1 is 1.06 bits per heavy atom. The van der Waals surface area contributed by atoms with Crippen molar-refractivity contribution in [3.63, 3.8) is 0 Å². The van der Waals surface area contributed by atoms with E-state index in [1.54, 1.807) is 22.8 Å². The van der Waals surface area contributed by atoms with Gasteiger partial charge in [0, 0.05) is 18.2 Å². The van der Waals surface area contributed by atoms with Crippen molar-refractivity contribution < 1.29 is 9.59 Å². The topological polar surface area (TPSA) is 93.1 Å². The lowest BCUT2D eigenvalue weighted by Gasteiger charge is -2.22. The summed E-state index contributed by atoms with van der Waals surface area (Å²) in [6.45, 7) is 3.03. The van der Waals surface area contributed by atoms with Crippen molar-refractivity contribution in [2.75, 3.05) is 12.3 Å². The maximum absolute atomic E-state index is 13.4. The van der Waals surface area contributed by atoms with Crippen LogP contribution < -0.4 is 16.2 Å². The van der Waals surface area contributed by atoms with E-state index in [1.807, 2.05) is 30.3 Å². The fraction of sp³-hybridized carbons (Fsp3) is 0.429. The van der Waals surface area contributed by atoms with E-state index in [9.17, 15) is 14.4 Å². The number of aromatic nitrogens is 2. The first kappa shape index (κ1) is 25.9. The molecule has 4 rings (SSSR count). The fourth-order valence-corrected chi connectivity index (χ4v) is 5.27. The number of thioether (sulfide) groups is 1. The number of rotatable bonds is 10. The van der Waals surface area contributed by atoms with Gasteiger partial charge in [-0.2, -0.15) is 0 Å². The average Bonchev–Trinajstić information content (AvgIpc) is 2.90. The van der Waals surface area contributed by atoms with E-state index in [1.165, 1.54) is 31.0 Å². The van der Waals surface area contributed by atoms with Crippen LogP contribution in [0.5, 0.6) is 0 Å². The molecule has 0 spiro atoms. The number of nitrogens with zero attached hydrogens (tertiary/aromatic N) is 2. The second kappa shape index (κ2) is 12.7. The normalized spacial score (nSPS) is 14.0. The van der Waals surface area contributed by atoms with E-state index in [4.69, 9.17) is 4.98 Å². The van der Waals surface area contributed by atoms with Crippen molar-refractivity contribution in [3.05, 3.63) is 70.0 Å². The molecule has 2 amide bonds. The minimum absolute atomic E-state index is 0.0525. The molecule has 0 atom stereocenters. The Labute approximate surface area is 216 Å². The minimum atomic E-state index is -0.145. The molecule has 0 bridgehead atoms. The van der Waals surface area contributed by atoms with E-state index < -0.39 is 0 Å². The average molecular weight is 507 g/mol. The molecular formula is C28H34N4O3S. The number of fused-ring (bicyclic) bond motifs is 1. The molecule has 1 aliphatic carbocycles. The van der Waals surface area contributed by atoms with Crippen LogP contribution in [0.3, 0.4) is 0 Å². The van der Waals surface area contributed by atoms with Crippen LogP contribution in [0.25, 0.3) is 10.9 Å². The number of amides is 2. The highest BCUT2D eigenvalue weighted by Crippen LogP contribution is 2.20. The van der Waals surface area contributed by atoms with Gasteiger partial charge in [-0.05, 0) is 49.1 Å². The van der Waals surface area contributed by atoms with Crippen LogP contribution in [0.15, 0.2) is 58.5 Å². The largest absolute Gasteiger partial charge is 0.355 e. The lowest BCUT2D eigenvalue weighted by Crippen LogP contribution is -2.36. The predicted molar refractivity (Wildman–Crippen MR) is 145 cm³/mol. The molecule has 36 heavy (non-hydrogen) atoms. The number of hydrogen-bond donors (Lipinski definition) is 2. The van der Waals surface area contributed by atoms with Gasteiger partial charge >= 0.3 is 0 Å². The monoisotopic (exact) mass is 506 g/mol. The maximum atomic E-state index is 13.4. The summed E-state index contributed by atoms with van der Waals surface area (Å²) < 4.78 is 1.61. The standard InChI is InChI=1S/C28H34N4O3S/c1-2-3-17-29-25(33)19-36-28-31-24-12-8-7-11-23(24)27(35)32(28)18-20-13-15-21(16-14-20)26(34)30-22-9-5-4-6-10-22/h7-8,11-16,22H,2-6,9-10,17-19H2,1H3,(H,29,33)(H,30,34). The molecular weight excluding hydrogens is 472 g/mol. The Hall–Kier alpha value is -3.13. The minimum Gasteiger partial charge on any atom is -0.355 e. The molecule has 1 aliphatic rings. The lowest BCUT2D eigenvalue weighted by atomic mass is 9.95. The highest BCUT2D eigenvalue weighted by atomic mass is 32.2. The van der Waals surface area contributed by atoms with Gasteiger partial charge in [0.25, 0.3) is 11.5 Å². The molecule has 2 aromatic carbocycles. The van der Waals surface area contributed by atoms with Gasteiger partial charge in [0.05, 0.1) is 23.2 Å². The van der Waals surface area contributed by atoms with Crippen LogP contribution in [0.1, 0.15) is 67.8 Å². The van der Waals surface area contributed by atoms with Gasteiger partial charge in [0.2, 0.25) is 5.91 Å². The molecule has 190 valence electrons. The summed E-state index contributed by atoms with van der Waals surface area (Å²) in [6, 6.07) is 14.9. The summed E-state index contributed by atoms with van der Waals surface area (Å²) in [6.07, 6.45) is 7.61. The smallest absolute Gasteiger partial charge is 0.262 e. The molecule has 7 nitrogen and oxygen atoms in total. The Morgan fingerprint density at radius 3 is 2.56 bits per heavy atom. The quantitative estimate of drug-likeness (QED) is 0.240. The first-order chi connectivity index (χ1) is 17.5. The summed E-state index contributed by atoms with van der Waals surface area (Å²) in [4.78, 5) is 43.0. The number of hydrogen-bond acceptors (Lipinski definition) is 5. The zero-order valence-electron chi connectivity index (χ0n) is 20.8. The third kappa shape index (κ3) is 6.75. The first-order valence-electron chi connectivity index (χ1n) is 12.8. The van der Waals surface area contributed by atoms with Crippen LogP contribution in [0.2, 0.25) is 0 Å². The summed E-state index contributed by atoms with van der Waals surface area (Å²) in [5.41, 5.74) is 1.97. The summed E-state index contributed by atoms with van der Waals surface area (Å²) >= 11 is 1.26. The van der Waals surface area contributed by atoms with Crippen molar-refractivity contribution in [1.82, 2.24) is 20.2 Å². The van der Waals surface area contributed by atoms with Crippen molar-refractivity contribution >= 4 is 34.5 Å². The van der Waals surface area contributed by atoms with Gasteiger partial charge in [0.1, 0.15) is 0 Å². The van der Waals surface area contributed by atoms with Gasteiger partial charge in [-0.1, -0.05) is 68.6 Å². The van der Waals surface area contributed by atoms with Gasteiger partial charge in [-0.3, -0.25) is 19.0 Å². The number of nitrogens with one attached hydrogen (secondary N) is 2. The zero-order valence-corrected chi connectivity index (χ0v) is 21.6. The number of carbonyl (C=O) groups is 2. The second-order valence-corrected chi connectivity index (χ2v) is 10.2. The van der Waals surface area contributed by atoms with Crippen molar-refractivity contribution in [1.29, 1.82) is 0 Å². The Bertz CT molecular complexity index is 1250. The highest BCUT2D eigenvalue weighted by Gasteiger charge is 2.17. The van der Waals surface area contributed by atoms with Gasteiger partial charge in [-0.15, -0.1) is 0 Å². The molecule has 2 N–H and O–H groups in total. The molecule has 8 heteroatoms. The molecule has 0 unspecified atom stereocenters. The van der Waals surface area contributed by atoms with E-state index in [0.717, 1.165) is 31.2 Å².